The van der Waals surface area contributed by atoms with Crippen LogP contribution in [0.25, 0.3) is 0 Å². The van der Waals surface area contributed by atoms with Gasteiger partial charge in [0.15, 0.2) is 0 Å². The van der Waals surface area contributed by atoms with Crippen LogP contribution in [0.1, 0.15) is 30.8 Å². The highest BCUT2D eigenvalue weighted by atomic mass is 79.9. The summed E-state index contributed by atoms with van der Waals surface area (Å²) in [5.41, 5.74) is 2.61. The Morgan fingerprint density at radius 2 is 2.14 bits per heavy atom. The Morgan fingerprint density at radius 1 is 1.38 bits per heavy atom. The lowest BCUT2D eigenvalue weighted by Crippen LogP contribution is -2.07. The fourth-order valence-corrected chi connectivity index (χ4v) is 2.93. The summed E-state index contributed by atoms with van der Waals surface area (Å²) < 4.78 is 8.51. The molecule has 0 amide bonds. The van der Waals surface area contributed by atoms with E-state index in [1.807, 2.05) is 36.7 Å². The molecule has 0 aliphatic heterocycles. The second-order valence-electron chi connectivity index (χ2n) is 4.59. The summed E-state index contributed by atoms with van der Waals surface area (Å²) in [7, 11) is 0. The summed E-state index contributed by atoms with van der Waals surface area (Å²) in [6.07, 6.45) is 0.799. The second kappa shape index (κ2) is 7.29. The number of hydrogen-bond acceptors (Lipinski definition) is 3. The van der Waals surface area contributed by atoms with Gasteiger partial charge in [-0.2, -0.15) is 5.10 Å². The normalized spacial score (nSPS) is 10.9. The third kappa shape index (κ3) is 3.59. The fourth-order valence-electron chi connectivity index (χ4n) is 2.06. The van der Waals surface area contributed by atoms with Crippen LogP contribution in [-0.4, -0.2) is 14.9 Å². The molecule has 0 atom stereocenters. The Bertz CT molecular complexity index is 628. The SMILES string of the molecule is CCc1nn(CC)c(COc2ccc(CO)cc2Br)c1Cl. The van der Waals surface area contributed by atoms with E-state index in [0.29, 0.717) is 17.4 Å². The zero-order chi connectivity index (χ0) is 15.4. The Hall–Kier alpha value is -1.04. The molecular weight excluding hydrogens is 356 g/mol. The maximum atomic E-state index is 9.10. The molecule has 1 heterocycles. The highest BCUT2D eigenvalue weighted by molar-refractivity contribution is 9.10. The molecule has 114 valence electrons. The van der Waals surface area contributed by atoms with Gasteiger partial charge in [-0.25, -0.2) is 0 Å². The number of aliphatic hydroxyl groups is 1. The van der Waals surface area contributed by atoms with Crippen LogP contribution in [-0.2, 0) is 26.2 Å². The number of hydrogen-bond donors (Lipinski definition) is 1. The van der Waals surface area contributed by atoms with E-state index in [0.717, 1.165) is 34.4 Å². The van der Waals surface area contributed by atoms with Crippen molar-refractivity contribution in [3.63, 3.8) is 0 Å². The Morgan fingerprint density at radius 3 is 2.71 bits per heavy atom. The van der Waals surface area contributed by atoms with Crippen LogP contribution in [0.15, 0.2) is 22.7 Å². The van der Waals surface area contributed by atoms with E-state index in [2.05, 4.69) is 21.0 Å². The average molecular weight is 374 g/mol. The molecule has 0 spiro atoms. The Labute approximate surface area is 137 Å². The molecule has 4 nitrogen and oxygen atoms in total. The molecule has 0 radical (unpaired) electrons. The van der Waals surface area contributed by atoms with Crippen LogP contribution in [0.4, 0.5) is 0 Å². The van der Waals surface area contributed by atoms with Crippen LogP contribution >= 0.6 is 27.5 Å². The van der Waals surface area contributed by atoms with Gasteiger partial charge < -0.3 is 9.84 Å². The van der Waals surface area contributed by atoms with E-state index in [9.17, 15) is 0 Å². The van der Waals surface area contributed by atoms with E-state index >= 15 is 0 Å². The van der Waals surface area contributed by atoms with Crippen LogP contribution in [0.3, 0.4) is 0 Å². The van der Waals surface area contributed by atoms with Crippen molar-refractivity contribution in [1.82, 2.24) is 9.78 Å². The fraction of sp³-hybridized carbons (Fsp3) is 0.400. The van der Waals surface area contributed by atoms with Gasteiger partial charge in [0, 0.05) is 6.54 Å². The van der Waals surface area contributed by atoms with E-state index in [4.69, 9.17) is 21.4 Å². The minimum absolute atomic E-state index is 0.00712. The third-order valence-electron chi connectivity index (χ3n) is 3.24. The molecule has 1 aromatic carbocycles. The highest BCUT2D eigenvalue weighted by Crippen LogP contribution is 2.28. The summed E-state index contributed by atoms with van der Waals surface area (Å²) in [6, 6.07) is 5.50. The maximum absolute atomic E-state index is 9.10. The molecule has 0 saturated carbocycles. The topological polar surface area (TPSA) is 47.3 Å². The molecule has 0 bridgehead atoms. The smallest absolute Gasteiger partial charge is 0.134 e. The molecule has 2 rings (SSSR count). The number of aryl methyl sites for hydroxylation is 2. The number of ether oxygens (including phenoxy) is 1. The van der Waals surface area contributed by atoms with Crippen molar-refractivity contribution in [2.45, 2.75) is 40.0 Å². The second-order valence-corrected chi connectivity index (χ2v) is 5.82. The van der Waals surface area contributed by atoms with Crippen molar-refractivity contribution in [2.24, 2.45) is 0 Å². The lowest BCUT2D eigenvalue weighted by atomic mass is 10.2. The summed E-state index contributed by atoms with van der Waals surface area (Å²) in [5, 5.41) is 14.3. The quantitative estimate of drug-likeness (QED) is 0.834. The first-order chi connectivity index (χ1) is 10.1. The van der Waals surface area contributed by atoms with Gasteiger partial charge in [-0.1, -0.05) is 24.6 Å². The minimum atomic E-state index is 0.00712. The molecule has 1 aromatic heterocycles. The van der Waals surface area contributed by atoms with E-state index in [1.165, 1.54) is 0 Å². The predicted octanol–water partition coefficient (Wildman–Crippen LogP) is 3.95. The summed E-state index contributed by atoms with van der Waals surface area (Å²) >= 11 is 9.80. The Balaban J connectivity index is 2.18. The lowest BCUT2D eigenvalue weighted by molar-refractivity contribution is 0.279. The molecular formula is C15H18BrClN2O2. The van der Waals surface area contributed by atoms with Crippen molar-refractivity contribution < 1.29 is 9.84 Å². The van der Waals surface area contributed by atoms with Gasteiger partial charge in [0.1, 0.15) is 12.4 Å². The number of aromatic nitrogens is 2. The summed E-state index contributed by atoms with van der Waals surface area (Å²) in [5.74, 6) is 0.713. The van der Waals surface area contributed by atoms with Crippen molar-refractivity contribution in [2.75, 3.05) is 0 Å². The summed E-state index contributed by atoms with van der Waals surface area (Å²) in [6.45, 7) is 5.17. The molecule has 21 heavy (non-hydrogen) atoms. The number of halogens is 2. The molecule has 6 heteroatoms. The molecule has 0 aliphatic carbocycles. The number of nitrogens with zero attached hydrogens (tertiary/aromatic N) is 2. The van der Waals surface area contributed by atoms with Gasteiger partial charge >= 0.3 is 0 Å². The third-order valence-corrected chi connectivity index (χ3v) is 4.29. The standard InChI is InChI=1S/C15H18BrClN2O2/c1-3-12-15(17)13(19(4-2)18-12)9-21-14-6-5-10(8-20)7-11(14)16/h5-7,20H,3-4,8-9H2,1-2H3. The van der Waals surface area contributed by atoms with E-state index < -0.39 is 0 Å². The molecule has 0 unspecified atom stereocenters. The van der Waals surface area contributed by atoms with Crippen LogP contribution < -0.4 is 4.74 Å². The molecule has 0 saturated heterocycles. The first-order valence-corrected chi connectivity index (χ1v) is 8.03. The van der Waals surface area contributed by atoms with Gasteiger partial charge in [-0.3, -0.25) is 4.68 Å². The van der Waals surface area contributed by atoms with Crippen molar-refractivity contribution in [3.8, 4) is 5.75 Å². The van der Waals surface area contributed by atoms with Crippen molar-refractivity contribution >= 4 is 27.5 Å². The van der Waals surface area contributed by atoms with Crippen LogP contribution in [0.5, 0.6) is 5.75 Å². The molecule has 0 fully saturated rings. The largest absolute Gasteiger partial charge is 0.486 e. The van der Waals surface area contributed by atoms with Gasteiger partial charge in [0.25, 0.3) is 0 Å². The monoisotopic (exact) mass is 372 g/mol. The zero-order valence-corrected chi connectivity index (χ0v) is 14.4. The number of aliphatic hydroxyl groups excluding tert-OH is 1. The average Bonchev–Trinajstić information content (AvgIpc) is 2.81. The maximum Gasteiger partial charge on any atom is 0.134 e. The molecule has 0 aliphatic rings. The van der Waals surface area contributed by atoms with Crippen molar-refractivity contribution in [1.29, 1.82) is 0 Å². The lowest BCUT2D eigenvalue weighted by Gasteiger charge is -2.10. The number of benzene rings is 1. The molecule has 2 aromatic rings. The first-order valence-electron chi connectivity index (χ1n) is 6.86. The minimum Gasteiger partial charge on any atom is -0.486 e. The Kier molecular flexibility index (Phi) is 5.67. The van der Waals surface area contributed by atoms with Gasteiger partial charge in [-0.15, -0.1) is 0 Å². The van der Waals surface area contributed by atoms with Crippen LogP contribution in [0.2, 0.25) is 5.02 Å². The van der Waals surface area contributed by atoms with Gasteiger partial charge in [-0.05, 0) is 47.0 Å². The first kappa shape index (κ1) is 16.3. The molecule has 1 N–H and O–H groups in total. The highest BCUT2D eigenvalue weighted by Gasteiger charge is 2.15. The van der Waals surface area contributed by atoms with Crippen LogP contribution in [0, 0.1) is 0 Å². The van der Waals surface area contributed by atoms with Gasteiger partial charge in [0.2, 0.25) is 0 Å². The van der Waals surface area contributed by atoms with E-state index in [1.54, 1.807) is 0 Å². The van der Waals surface area contributed by atoms with Crippen molar-refractivity contribution in [3.05, 3.63) is 44.6 Å². The zero-order valence-electron chi connectivity index (χ0n) is 12.1. The van der Waals surface area contributed by atoms with E-state index in [-0.39, 0.29) is 6.61 Å². The predicted molar refractivity (Wildman–Crippen MR) is 86.7 cm³/mol. The van der Waals surface area contributed by atoms with Gasteiger partial charge in [0.05, 0.1) is 27.5 Å². The number of rotatable bonds is 6. The summed E-state index contributed by atoms with van der Waals surface area (Å²) in [4.78, 5) is 0.